The van der Waals surface area contributed by atoms with Gasteiger partial charge in [-0.25, -0.2) is 0 Å². The fourth-order valence-corrected chi connectivity index (χ4v) is 1.03. The Kier molecular flexibility index (Phi) is 5.26. The monoisotopic (exact) mass is 203 g/mol. The molecule has 0 heterocycles. The van der Waals surface area contributed by atoms with Crippen molar-refractivity contribution < 1.29 is 10.2 Å². The van der Waals surface area contributed by atoms with Crippen LogP contribution in [-0.4, -0.2) is 16.8 Å². The molecule has 0 radical (unpaired) electrons. The van der Waals surface area contributed by atoms with Crippen molar-refractivity contribution in [3.05, 3.63) is 23.8 Å². The number of aryl methyl sites for hydroxylation is 1. The van der Waals surface area contributed by atoms with Crippen molar-refractivity contribution in [3.63, 3.8) is 0 Å². The van der Waals surface area contributed by atoms with E-state index in [4.69, 9.17) is 15.9 Å². The summed E-state index contributed by atoms with van der Waals surface area (Å²) >= 11 is 0. The zero-order chi connectivity index (χ0) is 8.97. The lowest BCUT2D eigenvalue weighted by atomic mass is 10.1. The Morgan fingerprint density at radius 2 is 1.85 bits per heavy atom. The highest BCUT2D eigenvalue weighted by Gasteiger charge is 1.99. The Morgan fingerprint density at radius 3 is 2.38 bits per heavy atom. The lowest BCUT2D eigenvalue weighted by Crippen LogP contribution is -1.99. The average Bonchev–Trinajstić information content (AvgIpc) is 2.07. The molecule has 1 rings (SSSR count). The van der Waals surface area contributed by atoms with Gasteiger partial charge in [0.25, 0.3) is 0 Å². The Morgan fingerprint density at radius 1 is 1.15 bits per heavy atom. The molecule has 0 saturated carbocycles. The van der Waals surface area contributed by atoms with Crippen molar-refractivity contribution in [2.24, 2.45) is 5.73 Å². The quantitative estimate of drug-likeness (QED) is 0.651. The largest absolute Gasteiger partial charge is 0.504 e. The van der Waals surface area contributed by atoms with Crippen LogP contribution in [0.2, 0.25) is 0 Å². The van der Waals surface area contributed by atoms with E-state index in [0.717, 1.165) is 18.4 Å². The van der Waals surface area contributed by atoms with Crippen LogP contribution in [0.3, 0.4) is 0 Å². The number of halogens is 1. The minimum Gasteiger partial charge on any atom is -0.504 e. The van der Waals surface area contributed by atoms with E-state index in [9.17, 15) is 0 Å². The molecule has 0 fully saturated rings. The molecule has 0 spiro atoms. The number of nitrogens with two attached hydrogens (primary N) is 1. The van der Waals surface area contributed by atoms with Crippen LogP contribution < -0.4 is 5.73 Å². The van der Waals surface area contributed by atoms with Gasteiger partial charge in [0.1, 0.15) is 0 Å². The summed E-state index contributed by atoms with van der Waals surface area (Å²) in [4.78, 5) is 0. The number of hydrogen-bond acceptors (Lipinski definition) is 3. The van der Waals surface area contributed by atoms with Gasteiger partial charge in [0.05, 0.1) is 0 Å². The highest BCUT2D eigenvalue weighted by atomic mass is 35.5. The standard InChI is InChI=1S/C9H13NO2.ClH/c10-5-1-2-7-3-4-8(11)9(12)6-7;/h3-4,6,11-12H,1-2,5,10H2;1H. The fraction of sp³-hybridized carbons (Fsp3) is 0.333. The lowest BCUT2D eigenvalue weighted by Gasteiger charge is -2.01. The molecule has 0 aliphatic heterocycles. The third kappa shape index (κ3) is 3.53. The van der Waals surface area contributed by atoms with Crippen molar-refractivity contribution in [2.75, 3.05) is 6.54 Å². The molecular weight excluding hydrogens is 190 g/mol. The summed E-state index contributed by atoms with van der Waals surface area (Å²) in [6.07, 6.45) is 1.73. The van der Waals surface area contributed by atoms with Crippen LogP contribution in [0.1, 0.15) is 12.0 Å². The summed E-state index contributed by atoms with van der Waals surface area (Å²) in [5.41, 5.74) is 6.33. The lowest BCUT2D eigenvalue weighted by molar-refractivity contribution is 0.403. The first-order chi connectivity index (χ1) is 5.74. The van der Waals surface area contributed by atoms with Crippen LogP contribution in [0, 0.1) is 0 Å². The molecule has 0 aromatic heterocycles. The second kappa shape index (κ2) is 5.67. The van der Waals surface area contributed by atoms with Crippen LogP contribution in [0.25, 0.3) is 0 Å². The molecule has 0 bridgehead atoms. The van der Waals surface area contributed by atoms with Gasteiger partial charge in [-0.2, -0.15) is 0 Å². The van der Waals surface area contributed by atoms with Gasteiger partial charge in [0, 0.05) is 0 Å². The van der Waals surface area contributed by atoms with E-state index in [1.165, 1.54) is 6.07 Å². The highest BCUT2D eigenvalue weighted by molar-refractivity contribution is 5.85. The fourth-order valence-electron chi connectivity index (χ4n) is 1.03. The third-order valence-electron chi connectivity index (χ3n) is 1.71. The maximum atomic E-state index is 9.12. The second-order valence-electron chi connectivity index (χ2n) is 2.72. The molecule has 1 aromatic carbocycles. The van der Waals surface area contributed by atoms with Crippen molar-refractivity contribution in [3.8, 4) is 11.5 Å². The number of benzene rings is 1. The van der Waals surface area contributed by atoms with Gasteiger partial charge in [0.15, 0.2) is 11.5 Å². The molecule has 0 unspecified atom stereocenters. The molecule has 3 nitrogen and oxygen atoms in total. The number of phenols is 2. The zero-order valence-electron chi connectivity index (χ0n) is 7.23. The molecule has 4 N–H and O–H groups in total. The topological polar surface area (TPSA) is 66.5 Å². The summed E-state index contributed by atoms with van der Waals surface area (Å²) in [6.45, 7) is 0.641. The van der Waals surface area contributed by atoms with Crippen LogP contribution in [0.4, 0.5) is 0 Å². The Labute approximate surface area is 83.6 Å². The van der Waals surface area contributed by atoms with Gasteiger partial charge in [0.2, 0.25) is 0 Å². The summed E-state index contributed by atoms with van der Waals surface area (Å²) in [5, 5.41) is 18.1. The van der Waals surface area contributed by atoms with Crippen molar-refractivity contribution in [2.45, 2.75) is 12.8 Å². The minimum atomic E-state index is -0.0773. The molecule has 13 heavy (non-hydrogen) atoms. The van der Waals surface area contributed by atoms with Gasteiger partial charge in [-0.1, -0.05) is 6.07 Å². The van der Waals surface area contributed by atoms with Crippen LogP contribution >= 0.6 is 12.4 Å². The second-order valence-corrected chi connectivity index (χ2v) is 2.72. The average molecular weight is 204 g/mol. The summed E-state index contributed by atoms with van der Waals surface area (Å²) in [6, 6.07) is 4.83. The van der Waals surface area contributed by atoms with E-state index in [2.05, 4.69) is 0 Å². The van der Waals surface area contributed by atoms with Gasteiger partial charge < -0.3 is 15.9 Å². The van der Waals surface area contributed by atoms with Crippen LogP contribution in [-0.2, 0) is 6.42 Å². The van der Waals surface area contributed by atoms with Crippen molar-refractivity contribution in [1.82, 2.24) is 0 Å². The predicted molar refractivity (Wildman–Crippen MR) is 54.4 cm³/mol. The first-order valence-corrected chi connectivity index (χ1v) is 3.95. The summed E-state index contributed by atoms with van der Waals surface area (Å²) < 4.78 is 0. The Balaban J connectivity index is 0.00000144. The SMILES string of the molecule is Cl.NCCCc1ccc(O)c(O)c1. The normalized spacial score (nSPS) is 9.31. The van der Waals surface area contributed by atoms with E-state index in [1.807, 2.05) is 0 Å². The molecule has 0 aliphatic rings. The highest BCUT2D eigenvalue weighted by Crippen LogP contribution is 2.25. The van der Waals surface area contributed by atoms with Gasteiger partial charge in [-0.3, -0.25) is 0 Å². The maximum absolute atomic E-state index is 9.12. The minimum absolute atomic E-state index is 0. The number of aromatic hydroxyl groups is 2. The number of phenolic OH excluding ortho intramolecular Hbond substituents is 2. The molecule has 4 heteroatoms. The third-order valence-corrected chi connectivity index (χ3v) is 1.71. The van der Waals surface area contributed by atoms with Crippen molar-refractivity contribution >= 4 is 12.4 Å². The van der Waals surface area contributed by atoms with E-state index < -0.39 is 0 Å². The predicted octanol–water partition coefficient (Wildman–Crippen LogP) is 1.41. The van der Waals surface area contributed by atoms with E-state index in [1.54, 1.807) is 12.1 Å². The van der Waals surface area contributed by atoms with Gasteiger partial charge >= 0.3 is 0 Å². The summed E-state index contributed by atoms with van der Waals surface area (Å²) in [7, 11) is 0. The van der Waals surface area contributed by atoms with Crippen LogP contribution in [0.15, 0.2) is 18.2 Å². The Bertz CT molecular complexity index is 266. The molecule has 74 valence electrons. The molecular formula is C9H14ClNO2. The first-order valence-electron chi connectivity index (χ1n) is 3.95. The number of hydrogen-bond donors (Lipinski definition) is 3. The van der Waals surface area contributed by atoms with E-state index in [-0.39, 0.29) is 23.9 Å². The smallest absolute Gasteiger partial charge is 0.157 e. The number of rotatable bonds is 3. The molecule has 0 aliphatic carbocycles. The molecule has 0 atom stereocenters. The van der Waals surface area contributed by atoms with Gasteiger partial charge in [-0.05, 0) is 37.1 Å². The zero-order valence-corrected chi connectivity index (χ0v) is 8.05. The molecule has 0 amide bonds. The van der Waals surface area contributed by atoms with E-state index in [0.29, 0.717) is 6.54 Å². The van der Waals surface area contributed by atoms with E-state index >= 15 is 0 Å². The first kappa shape index (κ1) is 12.1. The van der Waals surface area contributed by atoms with Crippen LogP contribution in [0.5, 0.6) is 11.5 Å². The van der Waals surface area contributed by atoms with Crippen molar-refractivity contribution in [1.29, 1.82) is 0 Å². The van der Waals surface area contributed by atoms with Gasteiger partial charge in [-0.15, -0.1) is 12.4 Å². The maximum Gasteiger partial charge on any atom is 0.157 e. The molecule has 1 aromatic rings. The summed E-state index contributed by atoms with van der Waals surface area (Å²) in [5.74, 6) is -0.143. The molecule has 0 saturated heterocycles. The Hall–Kier alpha value is -0.930.